The van der Waals surface area contributed by atoms with Crippen molar-refractivity contribution in [3.63, 3.8) is 0 Å². The monoisotopic (exact) mass is 335 g/mol. The molecule has 0 spiro atoms. The van der Waals surface area contributed by atoms with Crippen LogP contribution in [-0.2, 0) is 0 Å². The van der Waals surface area contributed by atoms with Gasteiger partial charge in [-0.05, 0) is 18.8 Å². The normalized spacial score (nSPS) is 34.5. The molecular formula is C15H21N5O4. The molecule has 0 amide bonds. The summed E-state index contributed by atoms with van der Waals surface area (Å²) in [7, 11) is 0. The van der Waals surface area contributed by atoms with Crippen LogP contribution in [0.5, 0.6) is 6.01 Å². The number of fused-ring (bicyclic) bond motifs is 2. The van der Waals surface area contributed by atoms with Crippen LogP contribution in [0.4, 0.5) is 5.82 Å². The number of hydrogen-bond acceptors (Lipinski definition) is 8. The van der Waals surface area contributed by atoms with Crippen LogP contribution in [0.15, 0.2) is 6.33 Å². The number of imidazole rings is 1. The maximum Gasteiger partial charge on any atom is 0.320 e. The Hall–Kier alpha value is -1.97. The molecule has 2 fully saturated rings. The second-order valence-corrected chi connectivity index (χ2v) is 6.69. The van der Waals surface area contributed by atoms with Gasteiger partial charge in [0.2, 0.25) is 0 Å². The smallest absolute Gasteiger partial charge is 0.320 e. The van der Waals surface area contributed by atoms with E-state index in [1.807, 2.05) is 6.92 Å². The molecule has 0 radical (unpaired) electrons. The molecule has 2 aliphatic rings. The molecule has 0 aromatic carbocycles. The van der Waals surface area contributed by atoms with Gasteiger partial charge >= 0.3 is 6.01 Å². The minimum absolute atomic E-state index is 0.0268. The van der Waals surface area contributed by atoms with Crippen LogP contribution in [-0.4, -0.2) is 60.3 Å². The van der Waals surface area contributed by atoms with E-state index in [1.165, 1.54) is 0 Å². The minimum atomic E-state index is -0.996. The molecule has 5 N–H and O–H groups in total. The van der Waals surface area contributed by atoms with Gasteiger partial charge in [-0.25, -0.2) is 4.98 Å². The van der Waals surface area contributed by atoms with Crippen molar-refractivity contribution >= 4 is 17.0 Å². The Labute approximate surface area is 138 Å². The number of rotatable bonds is 5. The Balaban J connectivity index is 1.76. The van der Waals surface area contributed by atoms with E-state index in [0.29, 0.717) is 24.2 Å². The van der Waals surface area contributed by atoms with Crippen molar-refractivity contribution in [2.45, 2.75) is 38.0 Å². The Morgan fingerprint density at radius 3 is 2.88 bits per heavy atom. The molecule has 2 aliphatic carbocycles. The van der Waals surface area contributed by atoms with E-state index in [-0.39, 0.29) is 24.4 Å². The van der Waals surface area contributed by atoms with Gasteiger partial charge in [0.25, 0.3) is 0 Å². The maximum absolute atomic E-state index is 10.5. The highest BCUT2D eigenvalue weighted by molar-refractivity contribution is 5.82. The quantitative estimate of drug-likeness (QED) is 0.572. The van der Waals surface area contributed by atoms with Gasteiger partial charge in [-0.3, -0.25) is 0 Å². The molecule has 9 heteroatoms. The molecule has 2 aromatic rings. The first kappa shape index (κ1) is 15.6. The maximum atomic E-state index is 10.5. The highest BCUT2D eigenvalue weighted by Gasteiger charge is 2.71. The van der Waals surface area contributed by atoms with Gasteiger partial charge in [-0.1, -0.05) is 6.92 Å². The summed E-state index contributed by atoms with van der Waals surface area (Å²) < 4.78 is 7.18. The van der Waals surface area contributed by atoms with Crippen molar-refractivity contribution in [3.8, 4) is 6.01 Å². The zero-order chi connectivity index (χ0) is 17.1. The molecule has 24 heavy (non-hydrogen) atoms. The Bertz CT molecular complexity index is 781. The summed E-state index contributed by atoms with van der Waals surface area (Å²) >= 11 is 0. The number of aliphatic hydroxyl groups excluding tert-OH is 3. The zero-order valence-corrected chi connectivity index (χ0v) is 13.3. The largest absolute Gasteiger partial charge is 0.463 e. The van der Waals surface area contributed by atoms with Crippen molar-refractivity contribution < 1.29 is 20.1 Å². The number of ether oxygens (including phenoxy) is 1. The molecule has 9 nitrogen and oxygen atoms in total. The van der Waals surface area contributed by atoms with E-state index in [4.69, 9.17) is 10.5 Å². The van der Waals surface area contributed by atoms with Crippen molar-refractivity contribution in [1.29, 1.82) is 0 Å². The van der Waals surface area contributed by atoms with E-state index < -0.39 is 23.7 Å². The summed E-state index contributed by atoms with van der Waals surface area (Å²) in [6, 6.07) is -0.244. The van der Waals surface area contributed by atoms with Crippen molar-refractivity contribution in [3.05, 3.63) is 6.33 Å². The van der Waals surface area contributed by atoms with Crippen LogP contribution >= 0.6 is 0 Å². The van der Waals surface area contributed by atoms with Gasteiger partial charge in [0.1, 0.15) is 6.10 Å². The van der Waals surface area contributed by atoms with Gasteiger partial charge in [0.15, 0.2) is 17.0 Å². The fourth-order valence-electron chi connectivity index (χ4n) is 3.94. The molecule has 2 aromatic heterocycles. The fraction of sp³-hybridized carbons (Fsp3) is 0.667. The average Bonchev–Trinajstić information content (AvgIpc) is 3.09. The second-order valence-electron chi connectivity index (χ2n) is 6.69. The zero-order valence-electron chi connectivity index (χ0n) is 13.3. The first-order valence-corrected chi connectivity index (χ1v) is 8.13. The standard InChI is InChI=1S/C15H21N5O4/c1-2-3-24-14-18-12(16)8-13(19-14)20(6-17-8)9-7-4-15(7,5-21)11(23)10(9)22/h6-7,9-11,21-23H,2-5H2,1H3,(H2,16,18,19)/t7-,9-,10?,11-,15+/m1/s1. The van der Waals surface area contributed by atoms with Crippen LogP contribution < -0.4 is 10.5 Å². The summed E-state index contributed by atoms with van der Waals surface area (Å²) in [5, 5.41) is 30.4. The fourth-order valence-corrected chi connectivity index (χ4v) is 3.94. The van der Waals surface area contributed by atoms with Gasteiger partial charge in [0, 0.05) is 5.41 Å². The molecule has 5 atom stereocenters. The highest BCUT2D eigenvalue weighted by atomic mass is 16.5. The van der Waals surface area contributed by atoms with Crippen molar-refractivity contribution in [2.75, 3.05) is 18.9 Å². The molecular weight excluding hydrogens is 314 g/mol. The Kier molecular flexibility index (Phi) is 3.41. The van der Waals surface area contributed by atoms with Gasteiger partial charge in [-0.2, -0.15) is 9.97 Å². The molecule has 1 unspecified atom stereocenters. The Morgan fingerprint density at radius 1 is 1.42 bits per heavy atom. The topological polar surface area (TPSA) is 140 Å². The summed E-state index contributed by atoms with van der Waals surface area (Å²) in [6.45, 7) is 2.30. The van der Waals surface area contributed by atoms with Crippen molar-refractivity contribution in [2.24, 2.45) is 11.3 Å². The summed E-state index contributed by atoms with van der Waals surface area (Å²) in [4.78, 5) is 12.7. The van der Waals surface area contributed by atoms with Crippen LogP contribution in [0.25, 0.3) is 11.2 Å². The van der Waals surface area contributed by atoms with Crippen LogP contribution in [0, 0.1) is 11.3 Å². The predicted molar refractivity (Wildman–Crippen MR) is 84.2 cm³/mol. The minimum Gasteiger partial charge on any atom is -0.463 e. The van der Waals surface area contributed by atoms with Gasteiger partial charge in [0.05, 0.1) is 31.7 Å². The molecule has 130 valence electrons. The lowest BCUT2D eigenvalue weighted by Gasteiger charge is -2.23. The van der Waals surface area contributed by atoms with Gasteiger partial charge in [-0.15, -0.1) is 0 Å². The summed E-state index contributed by atoms with van der Waals surface area (Å²) in [6.07, 6.45) is 1.06. The van der Waals surface area contributed by atoms with E-state index >= 15 is 0 Å². The highest BCUT2D eigenvalue weighted by Crippen LogP contribution is 2.67. The lowest BCUT2D eigenvalue weighted by molar-refractivity contribution is -0.0300. The van der Waals surface area contributed by atoms with Crippen molar-refractivity contribution in [1.82, 2.24) is 19.5 Å². The number of nitrogen functional groups attached to an aromatic ring is 1. The van der Waals surface area contributed by atoms with E-state index in [1.54, 1.807) is 10.9 Å². The lowest BCUT2D eigenvalue weighted by Crippen LogP contribution is -2.35. The number of anilines is 1. The molecule has 0 saturated heterocycles. The molecule has 2 heterocycles. The van der Waals surface area contributed by atoms with E-state index in [9.17, 15) is 15.3 Å². The third kappa shape index (κ3) is 1.95. The lowest BCUT2D eigenvalue weighted by atomic mass is 10.0. The summed E-state index contributed by atoms with van der Waals surface area (Å²) in [5.74, 6) is 0.184. The number of hydrogen-bond donors (Lipinski definition) is 4. The van der Waals surface area contributed by atoms with E-state index in [2.05, 4.69) is 15.0 Å². The third-order valence-electron chi connectivity index (χ3n) is 5.33. The Morgan fingerprint density at radius 2 is 2.21 bits per heavy atom. The number of aromatic nitrogens is 4. The van der Waals surface area contributed by atoms with Crippen LogP contribution in [0.1, 0.15) is 25.8 Å². The number of nitrogens with two attached hydrogens (primary N) is 1. The number of nitrogens with zero attached hydrogens (tertiary/aromatic N) is 4. The van der Waals surface area contributed by atoms with Crippen LogP contribution in [0.2, 0.25) is 0 Å². The molecule has 2 saturated carbocycles. The molecule has 0 aliphatic heterocycles. The number of aliphatic hydroxyl groups is 3. The van der Waals surface area contributed by atoms with Crippen LogP contribution in [0.3, 0.4) is 0 Å². The van der Waals surface area contributed by atoms with Gasteiger partial charge < -0.3 is 30.4 Å². The predicted octanol–water partition coefficient (Wildman–Crippen LogP) is -0.528. The molecule has 4 rings (SSSR count). The first-order chi connectivity index (χ1) is 11.5. The SMILES string of the molecule is CCCOc1nc(N)c2ncn([C@H]3C(O)[C@@H](O)[C@]4(CO)C[C@H]34)c2n1. The molecule has 0 bridgehead atoms. The average molecular weight is 335 g/mol. The summed E-state index contributed by atoms with van der Waals surface area (Å²) in [5.41, 5.74) is 6.21. The van der Waals surface area contributed by atoms with E-state index in [0.717, 1.165) is 6.42 Å². The first-order valence-electron chi connectivity index (χ1n) is 8.13. The third-order valence-corrected chi connectivity index (χ3v) is 5.33. The second kappa shape index (κ2) is 5.27.